The predicted molar refractivity (Wildman–Crippen MR) is 94.9 cm³/mol. The first-order valence-electron chi connectivity index (χ1n) is 5.97. The fraction of sp³-hybridized carbons (Fsp3) is 0.462. The van der Waals surface area contributed by atoms with Gasteiger partial charge in [0.25, 0.3) is 0 Å². The van der Waals surface area contributed by atoms with Crippen molar-refractivity contribution in [2.75, 3.05) is 13.1 Å². The van der Waals surface area contributed by atoms with E-state index < -0.39 is 0 Å². The van der Waals surface area contributed by atoms with Crippen LogP contribution in [0.2, 0.25) is 10.0 Å². The van der Waals surface area contributed by atoms with Crippen molar-refractivity contribution in [3.8, 4) is 0 Å². The first kappa shape index (κ1) is 18.8. The van der Waals surface area contributed by atoms with Crippen molar-refractivity contribution in [2.45, 2.75) is 20.3 Å². The quantitative estimate of drug-likeness (QED) is 0.437. The van der Waals surface area contributed by atoms with Crippen LogP contribution in [-0.2, 0) is 6.42 Å². The van der Waals surface area contributed by atoms with Crippen molar-refractivity contribution in [2.24, 2.45) is 16.6 Å². The molecule has 0 amide bonds. The third kappa shape index (κ3) is 7.22. The molecule has 0 unspecified atom stereocenters. The Labute approximate surface area is 142 Å². The molecule has 0 radical (unpaired) electrons. The predicted octanol–water partition coefficient (Wildman–Crippen LogP) is 3.71. The minimum absolute atomic E-state index is 0. The first-order chi connectivity index (χ1) is 8.50. The molecule has 6 heteroatoms. The van der Waals surface area contributed by atoms with E-state index >= 15 is 0 Å². The first-order valence-corrected chi connectivity index (χ1v) is 6.73. The summed E-state index contributed by atoms with van der Waals surface area (Å²) in [4.78, 5) is 4.22. The third-order valence-electron chi connectivity index (χ3n) is 2.37. The van der Waals surface area contributed by atoms with Gasteiger partial charge in [0.2, 0.25) is 0 Å². The molecule has 1 rings (SSSR count). The molecule has 3 nitrogen and oxygen atoms in total. The Bertz CT molecular complexity index is 402. The summed E-state index contributed by atoms with van der Waals surface area (Å²) < 4.78 is 0. The lowest BCUT2D eigenvalue weighted by Gasteiger charge is -2.09. The second-order valence-electron chi connectivity index (χ2n) is 4.50. The average molecular weight is 416 g/mol. The maximum absolute atomic E-state index is 6.07. The second kappa shape index (κ2) is 9.66. The Morgan fingerprint density at radius 3 is 2.42 bits per heavy atom. The summed E-state index contributed by atoms with van der Waals surface area (Å²) in [6.07, 6.45) is 0.719. The van der Waals surface area contributed by atoms with Gasteiger partial charge in [0.05, 0.1) is 0 Å². The Balaban J connectivity index is 0.00000324. The molecule has 1 aromatic carbocycles. The van der Waals surface area contributed by atoms with E-state index in [2.05, 4.69) is 24.2 Å². The number of benzene rings is 1. The van der Waals surface area contributed by atoms with E-state index in [1.165, 1.54) is 0 Å². The standard InChI is InChI=1S/C13H19Cl2N3.HI/c1-9(2)8-18-13(16)17-7-6-10-11(14)4-3-5-12(10)15;/h3-5,9H,6-8H2,1-2H3,(H3,16,17,18);1H. The summed E-state index contributed by atoms with van der Waals surface area (Å²) in [5.41, 5.74) is 6.67. The van der Waals surface area contributed by atoms with Crippen LogP contribution < -0.4 is 11.1 Å². The van der Waals surface area contributed by atoms with E-state index in [9.17, 15) is 0 Å². The number of hydrogen-bond donors (Lipinski definition) is 2. The van der Waals surface area contributed by atoms with Crippen molar-refractivity contribution < 1.29 is 0 Å². The van der Waals surface area contributed by atoms with Crippen LogP contribution >= 0.6 is 47.2 Å². The fourth-order valence-electron chi connectivity index (χ4n) is 1.42. The van der Waals surface area contributed by atoms with Gasteiger partial charge in [-0.15, -0.1) is 24.0 Å². The van der Waals surface area contributed by atoms with Crippen molar-refractivity contribution in [1.29, 1.82) is 0 Å². The van der Waals surface area contributed by atoms with Crippen LogP contribution in [0.5, 0.6) is 0 Å². The molecule has 0 aliphatic carbocycles. The van der Waals surface area contributed by atoms with E-state index in [1.807, 2.05) is 18.2 Å². The molecular weight excluding hydrogens is 396 g/mol. The zero-order chi connectivity index (χ0) is 13.5. The van der Waals surface area contributed by atoms with E-state index in [1.54, 1.807) is 0 Å². The summed E-state index contributed by atoms with van der Waals surface area (Å²) in [6.45, 7) is 5.59. The van der Waals surface area contributed by atoms with Gasteiger partial charge in [-0.05, 0) is 30.0 Å². The number of rotatable bonds is 5. The van der Waals surface area contributed by atoms with Gasteiger partial charge in [0, 0.05) is 23.1 Å². The fourth-order valence-corrected chi connectivity index (χ4v) is 2.01. The van der Waals surface area contributed by atoms with Gasteiger partial charge in [0.1, 0.15) is 0 Å². The minimum Gasteiger partial charge on any atom is -0.370 e. The van der Waals surface area contributed by atoms with E-state index in [0.29, 0.717) is 28.5 Å². The molecule has 0 fully saturated rings. The van der Waals surface area contributed by atoms with Gasteiger partial charge in [-0.25, -0.2) is 0 Å². The van der Waals surface area contributed by atoms with Gasteiger partial charge in [-0.1, -0.05) is 43.1 Å². The number of nitrogens with zero attached hydrogens (tertiary/aromatic N) is 1. The van der Waals surface area contributed by atoms with Crippen LogP contribution in [-0.4, -0.2) is 19.0 Å². The molecule has 0 spiro atoms. The highest BCUT2D eigenvalue weighted by atomic mass is 127. The topological polar surface area (TPSA) is 50.4 Å². The van der Waals surface area contributed by atoms with Gasteiger partial charge in [-0.2, -0.15) is 0 Å². The van der Waals surface area contributed by atoms with Crippen LogP contribution in [0, 0.1) is 5.92 Å². The average Bonchev–Trinajstić information content (AvgIpc) is 2.30. The summed E-state index contributed by atoms with van der Waals surface area (Å²) in [5.74, 6) is 0.968. The maximum atomic E-state index is 6.07. The molecule has 0 saturated heterocycles. The number of hydrogen-bond acceptors (Lipinski definition) is 1. The molecule has 1 aromatic rings. The molecule has 0 atom stereocenters. The molecule has 0 saturated carbocycles. The zero-order valence-corrected chi connectivity index (χ0v) is 15.0. The van der Waals surface area contributed by atoms with E-state index in [4.69, 9.17) is 28.9 Å². The number of aliphatic imine (C=N–C) groups is 1. The molecule has 19 heavy (non-hydrogen) atoms. The van der Waals surface area contributed by atoms with Gasteiger partial charge in [-0.3, -0.25) is 4.99 Å². The minimum atomic E-state index is 0. The molecule has 3 N–H and O–H groups in total. The molecular formula is C13H20Cl2IN3. The highest BCUT2D eigenvalue weighted by Gasteiger charge is 2.04. The van der Waals surface area contributed by atoms with Crippen molar-refractivity contribution in [3.05, 3.63) is 33.8 Å². The van der Waals surface area contributed by atoms with Crippen LogP contribution in [0.3, 0.4) is 0 Å². The van der Waals surface area contributed by atoms with Crippen LogP contribution in [0.25, 0.3) is 0 Å². The Morgan fingerprint density at radius 1 is 1.32 bits per heavy atom. The molecule has 108 valence electrons. The van der Waals surface area contributed by atoms with Crippen LogP contribution in [0.4, 0.5) is 0 Å². The smallest absolute Gasteiger partial charge is 0.188 e. The van der Waals surface area contributed by atoms with Crippen LogP contribution in [0.15, 0.2) is 23.2 Å². The molecule has 0 bridgehead atoms. The molecule has 0 heterocycles. The lowest BCUT2D eigenvalue weighted by atomic mass is 10.1. The van der Waals surface area contributed by atoms with Crippen molar-refractivity contribution >= 4 is 53.1 Å². The Kier molecular flexibility index (Phi) is 9.56. The third-order valence-corrected chi connectivity index (χ3v) is 3.08. The molecule has 0 aliphatic heterocycles. The monoisotopic (exact) mass is 415 g/mol. The van der Waals surface area contributed by atoms with Gasteiger partial charge >= 0.3 is 0 Å². The van der Waals surface area contributed by atoms with Crippen LogP contribution in [0.1, 0.15) is 19.4 Å². The summed E-state index contributed by atoms with van der Waals surface area (Å²) >= 11 is 12.1. The summed E-state index contributed by atoms with van der Waals surface area (Å²) in [6, 6.07) is 5.50. The largest absolute Gasteiger partial charge is 0.370 e. The summed E-state index contributed by atoms with van der Waals surface area (Å²) in [7, 11) is 0. The SMILES string of the molecule is CC(C)CN=C(N)NCCc1c(Cl)cccc1Cl.I. The normalized spacial score (nSPS) is 11.3. The van der Waals surface area contributed by atoms with E-state index in [-0.39, 0.29) is 24.0 Å². The number of guanidine groups is 1. The maximum Gasteiger partial charge on any atom is 0.188 e. The summed E-state index contributed by atoms with van der Waals surface area (Å²) in [5, 5.41) is 4.42. The number of nitrogens with two attached hydrogens (primary N) is 1. The lowest BCUT2D eigenvalue weighted by Crippen LogP contribution is -2.33. The van der Waals surface area contributed by atoms with Gasteiger partial charge in [0.15, 0.2) is 5.96 Å². The number of halogens is 3. The molecule has 0 aromatic heterocycles. The van der Waals surface area contributed by atoms with Crippen molar-refractivity contribution in [1.82, 2.24) is 5.32 Å². The second-order valence-corrected chi connectivity index (χ2v) is 5.31. The highest BCUT2D eigenvalue weighted by molar-refractivity contribution is 14.0. The van der Waals surface area contributed by atoms with Gasteiger partial charge < -0.3 is 11.1 Å². The van der Waals surface area contributed by atoms with Crippen molar-refractivity contribution in [3.63, 3.8) is 0 Å². The zero-order valence-electron chi connectivity index (χ0n) is 11.1. The Hall–Kier alpha value is -0.200. The Morgan fingerprint density at radius 2 is 1.89 bits per heavy atom. The number of nitrogens with one attached hydrogen (secondary N) is 1. The van der Waals surface area contributed by atoms with E-state index in [0.717, 1.165) is 18.5 Å². The highest BCUT2D eigenvalue weighted by Crippen LogP contribution is 2.24. The lowest BCUT2D eigenvalue weighted by molar-refractivity contribution is 0.661. The molecule has 0 aliphatic rings.